The topological polar surface area (TPSA) is 78.0 Å². The molecule has 1 aromatic carbocycles. The summed E-state index contributed by atoms with van der Waals surface area (Å²) in [5.41, 5.74) is 8.93. The van der Waals surface area contributed by atoms with Crippen LogP contribution in [0.4, 0.5) is 5.82 Å². The van der Waals surface area contributed by atoms with Crippen molar-refractivity contribution >= 4 is 15.7 Å². The number of sulfone groups is 1. The first kappa shape index (κ1) is 13.2. The van der Waals surface area contributed by atoms with Crippen LogP contribution in [0.2, 0.25) is 0 Å². The minimum atomic E-state index is -2.94. The van der Waals surface area contributed by atoms with Gasteiger partial charge in [-0.05, 0) is 19.4 Å². The van der Waals surface area contributed by atoms with Crippen molar-refractivity contribution in [3.63, 3.8) is 0 Å². The van der Waals surface area contributed by atoms with Crippen LogP contribution >= 0.6 is 0 Å². The number of rotatable bonds is 2. The van der Waals surface area contributed by atoms with Crippen molar-refractivity contribution in [3.8, 4) is 11.3 Å². The van der Waals surface area contributed by atoms with E-state index < -0.39 is 9.84 Å². The summed E-state index contributed by atoms with van der Waals surface area (Å²) in [7, 11) is -2.94. The average Bonchev–Trinajstić information content (AvgIpc) is 2.92. The number of nitrogens with two attached hydrogens (primary N) is 1. The smallest absolute Gasteiger partial charge is 0.152 e. The molecule has 0 amide bonds. The van der Waals surface area contributed by atoms with E-state index in [1.165, 1.54) is 0 Å². The van der Waals surface area contributed by atoms with Gasteiger partial charge in [-0.15, -0.1) is 0 Å². The molecular formula is C14H17N3O2S. The predicted octanol–water partition coefficient (Wildman–Crippen LogP) is 1.80. The molecule has 2 aromatic rings. The van der Waals surface area contributed by atoms with E-state index in [-0.39, 0.29) is 17.5 Å². The Bertz CT molecular complexity index is 750. The molecule has 0 bridgehead atoms. The normalized spacial score (nSPS) is 21.1. The fraction of sp³-hybridized carbons (Fsp3) is 0.357. The Hall–Kier alpha value is -1.82. The van der Waals surface area contributed by atoms with Crippen molar-refractivity contribution in [2.75, 3.05) is 17.2 Å². The summed E-state index contributed by atoms with van der Waals surface area (Å²) in [6.45, 7) is 2.02. The lowest BCUT2D eigenvalue weighted by Crippen LogP contribution is -2.14. The molecule has 1 saturated heterocycles. The van der Waals surface area contributed by atoms with Crippen molar-refractivity contribution in [2.24, 2.45) is 0 Å². The Morgan fingerprint density at radius 1 is 1.35 bits per heavy atom. The highest BCUT2D eigenvalue weighted by molar-refractivity contribution is 7.91. The van der Waals surface area contributed by atoms with Gasteiger partial charge in [0.1, 0.15) is 5.82 Å². The lowest BCUT2D eigenvalue weighted by molar-refractivity contribution is 0.508. The van der Waals surface area contributed by atoms with Crippen LogP contribution in [0, 0.1) is 6.92 Å². The molecule has 0 aliphatic carbocycles. The number of aromatic nitrogens is 2. The Morgan fingerprint density at radius 2 is 2.15 bits per heavy atom. The highest BCUT2D eigenvalue weighted by atomic mass is 32.2. The Morgan fingerprint density at radius 3 is 2.80 bits per heavy atom. The number of aryl methyl sites for hydroxylation is 1. The lowest BCUT2D eigenvalue weighted by Gasteiger charge is -2.10. The molecule has 2 heterocycles. The van der Waals surface area contributed by atoms with E-state index >= 15 is 0 Å². The van der Waals surface area contributed by atoms with Crippen LogP contribution in [0.1, 0.15) is 18.0 Å². The second-order valence-corrected chi connectivity index (χ2v) is 7.55. The minimum Gasteiger partial charge on any atom is -0.384 e. The summed E-state index contributed by atoms with van der Waals surface area (Å²) in [6.07, 6.45) is 0.585. The van der Waals surface area contributed by atoms with Crippen molar-refractivity contribution in [2.45, 2.75) is 19.4 Å². The van der Waals surface area contributed by atoms with Gasteiger partial charge >= 0.3 is 0 Å². The van der Waals surface area contributed by atoms with Crippen LogP contribution in [-0.4, -0.2) is 29.7 Å². The van der Waals surface area contributed by atoms with Crippen LogP contribution in [0.25, 0.3) is 11.3 Å². The van der Waals surface area contributed by atoms with Gasteiger partial charge in [-0.3, -0.25) is 0 Å². The maximum Gasteiger partial charge on any atom is 0.152 e. The standard InChI is InChI=1S/C14H17N3O2S/c1-10-3-2-4-11(7-10)13-8-14(15)17(16-13)12-5-6-20(18,19)9-12/h2-4,7-8,12H,5-6,9,15H2,1H3. The van der Waals surface area contributed by atoms with Crippen molar-refractivity contribution in [1.29, 1.82) is 0 Å². The third-order valence-electron chi connectivity index (χ3n) is 3.63. The SMILES string of the molecule is Cc1cccc(-c2cc(N)n(C3CCS(=O)(=O)C3)n2)c1. The summed E-state index contributed by atoms with van der Waals surface area (Å²) >= 11 is 0. The van der Waals surface area contributed by atoms with E-state index in [0.29, 0.717) is 12.2 Å². The molecule has 1 aliphatic heterocycles. The minimum absolute atomic E-state index is 0.131. The van der Waals surface area contributed by atoms with Gasteiger partial charge in [-0.1, -0.05) is 23.8 Å². The highest BCUT2D eigenvalue weighted by Crippen LogP contribution is 2.29. The van der Waals surface area contributed by atoms with E-state index in [2.05, 4.69) is 5.10 Å². The Kier molecular flexibility index (Phi) is 3.05. The molecule has 1 fully saturated rings. The van der Waals surface area contributed by atoms with Gasteiger partial charge in [-0.2, -0.15) is 5.10 Å². The van der Waals surface area contributed by atoms with Crippen LogP contribution in [0.3, 0.4) is 0 Å². The van der Waals surface area contributed by atoms with Gasteiger partial charge in [0.05, 0.1) is 23.2 Å². The number of hydrogen-bond donors (Lipinski definition) is 1. The van der Waals surface area contributed by atoms with Crippen LogP contribution in [0.15, 0.2) is 30.3 Å². The molecule has 20 heavy (non-hydrogen) atoms. The molecule has 1 unspecified atom stereocenters. The van der Waals surface area contributed by atoms with Crippen molar-refractivity contribution in [3.05, 3.63) is 35.9 Å². The third-order valence-corrected chi connectivity index (χ3v) is 5.38. The first-order valence-electron chi connectivity index (χ1n) is 6.57. The van der Waals surface area contributed by atoms with Crippen LogP contribution in [0.5, 0.6) is 0 Å². The van der Waals surface area contributed by atoms with Crippen molar-refractivity contribution < 1.29 is 8.42 Å². The molecule has 0 saturated carbocycles. The average molecular weight is 291 g/mol. The largest absolute Gasteiger partial charge is 0.384 e. The number of hydrogen-bond acceptors (Lipinski definition) is 4. The van der Waals surface area contributed by atoms with E-state index in [0.717, 1.165) is 16.8 Å². The zero-order valence-corrected chi connectivity index (χ0v) is 12.1. The Labute approximate surface area is 118 Å². The van der Waals surface area contributed by atoms with Gasteiger partial charge in [0.15, 0.2) is 9.84 Å². The van der Waals surface area contributed by atoms with Crippen molar-refractivity contribution in [1.82, 2.24) is 9.78 Å². The highest BCUT2D eigenvalue weighted by Gasteiger charge is 2.30. The van der Waals surface area contributed by atoms with E-state index in [1.54, 1.807) is 10.7 Å². The number of benzene rings is 1. The fourth-order valence-corrected chi connectivity index (χ4v) is 4.31. The van der Waals surface area contributed by atoms with Gasteiger partial charge in [0, 0.05) is 11.6 Å². The zero-order chi connectivity index (χ0) is 14.3. The summed E-state index contributed by atoms with van der Waals surface area (Å²) in [6, 6.07) is 9.67. The molecule has 6 heteroatoms. The second kappa shape index (κ2) is 4.63. The number of nitrogens with zero attached hydrogens (tertiary/aromatic N) is 2. The van der Waals surface area contributed by atoms with E-state index in [4.69, 9.17) is 5.73 Å². The van der Waals surface area contributed by atoms with E-state index in [1.807, 2.05) is 31.2 Å². The quantitative estimate of drug-likeness (QED) is 0.915. The second-order valence-electron chi connectivity index (χ2n) is 5.33. The predicted molar refractivity (Wildman–Crippen MR) is 79.1 cm³/mol. The molecule has 0 radical (unpaired) electrons. The number of anilines is 1. The molecule has 1 atom stereocenters. The summed E-state index contributed by atoms with van der Waals surface area (Å²) in [4.78, 5) is 0. The van der Waals surface area contributed by atoms with Crippen LogP contribution in [-0.2, 0) is 9.84 Å². The van der Waals surface area contributed by atoms with Gasteiger partial charge in [0.25, 0.3) is 0 Å². The maximum absolute atomic E-state index is 11.6. The maximum atomic E-state index is 11.6. The monoisotopic (exact) mass is 291 g/mol. The fourth-order valence-electron chi connectivity index (χ4n) is 2.62. The molecule has 1 aliphatic rings. The van der Waals surface area contributed by atoms with E-state index in [9.17, 15) is 8.42 Å². The molecule has 1 aromatic heterocycles. The Balaban J connectivity index is 1.96. The summed E-state index contributed by atoms with van der Waals surface area (Å²) < 4.78 is 24.8. The molecule has 0 spiro atoms. The van der Waals surface area contributed by atoms with Crippen LogP contribution < -0.4 is 5.73 Å². The van der Waals surface area contributed by atoms with Gasteiger partial charge in [0.2, 0.25) is 0 Å². The lowest BCUT2D eigenvalue weighted by atomic mass is 10.1. The summed E-state index contributed by atoms with van der Waals surface area (Å²) in [5.74, 6) is 0.867. The molecule has 106 valence electrons. The third kappa shape index (κ3) is 2.43. The molecule has 3 rings (SSSR count). The summed E-state index contributed by atoms with van der Waals surface area (Å²) in [5, 5.41) is 4.50. The molecule has 2 N–H and O–H groups in total. The van der Waals surface area contributed by atoms with Gasteiger partial charge in [-0.25, -0.2) is 13.1 Å². The van der Waals surface area contributed by atoms with Gasteiger partial charge < -0.3 is 5.73 Å². The molecule has 5 nitrogen and oxygen atoms in total. The first-order chi connectivity index (χ1) is 9.44. The molecular weight excluding hydrogens is 274 g/mol. The first-order valence-corrected chi connectivity index (χ1v) is 8.39. The zero-order valence-electron chi connectivity index (χ0n) is 11.3. The number of nitrogen functional groups attached to an aromatic ring is 1.